The minimum Gasteiger partial charge on any atom is -0.325 e. The number of fused-ring (bicyclic) bond motifs is 1. The van der Waals surface area contributed by atoms with Crippen molar-refractivity contribution < 1.29 is 4.79 Å². The van der Waals surface area contributed by atoms with Crippen molar-refractivity contribution in [1.82, 2.24) is 0 Å². The zero-order valence-corrected chi connectivity index (χ0v) is 10.3. The number of hydrogen-bond donors (Lipinski definition) is 2. The fraction of sp³-hybridized carbons (Fsp3) is 0.154. The lowest BCUT2D eigenvalue weighted by atomic mass is 10.1. The molecule has 0 heterocycles. The second-order valence-electron chi connectivity index (χ2n) is 3.84. The molecule has 0 saturated heterocycles. The summed E-state index contributed by atoms with van der Waals surface area (Å²) in [4.78, 5) is 11.4. The van der Waals surface area contributed by atoms with Crippen molar-refractivity contribution >= 4 is 34.8 Å². The Hall–Kier alpha value is -1.58. The first-order chi connectivity index (χ1) is 7.66. The summed E-state index contributed by atoms with van der Waals surface area (Å²) < 4.78 is 0. The van der Waals surface area contributed by atoms with Gasteiger partial charge in [0.25, 0.3) is 0 Å². The van der Waals surface area contributed by atoms with Gasteiger partial charge >= 0.3 is 0 Å². The van der Waals surface area contributed by atoms with Crippen LogP contribution in [-0.4, -0.2) is 11.9 Å². The highest BCUT2D eigenvalue weighted by atomic mass is 35.5. The molecule has 17 heavy (non-hydrogen) atoms. The molecule has 4 heteroatoms. The minimum absolute atomic E-state index is 0. The predicted molar refractivity (Wildman–Crippen MR) is 73.5 cm³/mol. The Bertz CT molecular complexity index is 526. The molecule has 0 radical (unpaired) electrons. The molecule has 3 nitrogen and oxygen atoms in total. The second kappa shape index (κ2) is 5.66. The Morgan fingerprint density at radius 3 is 2.47 bits per heavy atom. The lowest BCUT2D eigenvalue weighted by Crippen LogP contribution is -2.32. The van der Waals surface area contributed by atoms with Gasteiger partial charge in [0, 0.05) is 5.69 Å². The van der Waals surface area contributed by atoms with Crippen molar-refractivity contribution in [3.63, 3.8) is 0 Å². The van der Waals surface area contributed by atoms with E-state index < -0.39 is 6.04 Å². The Kier molecular flexibility index (Phi) is 4.49. The molecule has 0 aromatic heterocycles. The first-order valence-electron chi connectivity index (χ1n) is 5.22. The van der Waals surface area contributed by atoms with E-state index in [1.807, 2.05) is 42.5 Å². The molecule has 0 spiro atoms. The number of amides is 1. The molecule has 1 amide bonds. The van der Waals surface area contributed by atoms with Crippen molar-refractivity contribution in [2.75, 3.05) is 5.32 Å². The Morgan fingerprint density at radius 1 is 1.18 bits per heavy atom. The Morgan fingerprint density at radius 2 is 1.82 bits per heavy atom. The molecule has 0 aliphatic heterocycles. The highest BCUT2D eigenvalue weighted by molar-refractivity contribution is 5.96. The molecular formula is C13H15ClN2O. The first kappa shape index (κ1) is 13.5. The Labute approximate surface area is 106 Å². The number of benzene rings is 2. The van der Waals surface area contributed by atoms with E-state index >= 15 is 0 Å². The number of carbonyl (C=O) groups is 1. The number of halogens is 1. The van der Waals surface area contributed by atoms with Gasteiger partial charge in [-0.2, -0.15) is 0 Å². The summed E-state index contributed by atoms with van der Waals surface area (Å²) in [5.41, 5.74) is 6.26. The summed E-state index contributed by atoms with van der Waals surface area (Å²) in [6, 6.07) is 13.3. The van der Waals surface area contributed by atoms with Crippen molar-refractivity contribution in [2.24, 2.45) is 5.73 Å². The molecule has 0 bridgehead atoms. The van der Waals surface area contributed by atoms with Gasteiger partial charge in [0.15, 0.2) is 0 Å². The van der Waals surface area contributed by atoms with Crippen LogP contribution in [0.3, 0.4) is 0 Å². The highest BCUT2D eigenvalue weighted by Crippen LogP contribution is 2.18. The van der Waals surface area contributed by atoms with Crippen molar-refractivity contribution in [2.45, 2.75) is 13.0 Å². The van der Waals surface area contributed by atoms with E-state index in [4.69, 9.17) is 5.73 Å². The summed E-state index contributed by atoms with van der Waals surface area (Å²) >= 11 is 0. The number of carbonyl (C=O) groups excluding carboxylic acids is 1. The molecule has 0 aliphatic rings. The van der Waals surface area contributed by atoms with Crippen LogP contribution in [0.4, 0.5) is 5.69 Å². The molecule has 3 N–H and O–H groups in total. The normalized spacial score (nSPS) is 11.6. The molecule has 2 aromatic carbocycles. The maximum Gasteiger partial charge on any atom is 0.240 e. The van der Waals surface area contributed by atoms with Crippen LogP contribution >= 0.6 is 12.4 Å². The van der Waals surface area contributed by atoms with E-state index in [1.54, 1.807) is 6.92 Å². The maximum absolute atomic E-state index is 11.4. The van der Waals surface area contributed by atoms with E-state index in [1.165, 1.54) is 0 Å². The molecule has 0 aliphatic carbocycles. The van der Waals surface area contributed by atoms with E-state index in [0.717, 1.165) is 16.5 Å². The lowest BCUT2D eigenvalue weighted by molar-refractivity contribution is -0.117. The number of nitrogens with two attached hydrogens (primary N) is 1. The number of anilines is 1. The molecule has 0 unspecified atom stereocenters. The summed E-state index contributed by atoms with van der Waals surface area (Å²) in [5.74, 6) is -0.171. The van der Waals surface area contributed by atoms with Crippen LogP contribution in [0.2, 0.25) is 0 Å². The molecule has 2 rings (SSSR count). The zero-order chi connectivity index (χ0) is 11.5. The van der Waals surface area contributed by atoms with Crippen LogP contribution in [0.15, 0.2) is 42.5 Å². The van der Waals surface area contributed by atoms with E-state index in [2.05, 4.69) is 5.32 Å². The molecule has 0 saturated carbocycles. The predicted octanol–water partition coefficient (Wildman–Crippen LogP) is 2.55. The van der Waals surface area contributed by atoms with Gasteiger partial charge in [0.1, 0.15) is 0 Å². The lowest BCUT2D eigenvalue weighted by Gasteiger charge is -2.08. The summed E-state index contributed by atoms with van der Waals surface area (Å²) in [5, 5.41) is 5.03. The van der Waals surface area contributed by atoms with Gasteiger partial charge in [0.05, 0.1) is 6.04 Å². The van der Waals surface area contributed by atoms with Gasteiger partial charge in [-0.25, -0.2) is 0 Å². The zero-order valence-electron chi connectivity index (χ0n) is 9.51. The average molecular weight is 251 g/mol. The van der Waals surface area contributed by atoms with Crippen LogP contribution in [0.25, 0.3) is 10.8 Å². The maximum atomic E-state index is 11.4. The van der Waals surface area contributed by atoms with Gasteiger partial charge in [-0.1, -0.05) is 30.3 Å². The van der Waals surface area contributed by atoms with Crippen molar-refractivity contribution in [3.8, 4) is 0 Å². The molecular weight excluding hydrogens is 236 g/mol. The SMILES string of the molecule is C[C@H](N)C(=O)Nc1ccc2ccccc2c1.Cl. The monoisotopic (exact) mass is 250 g/mol. The largest absolute Gasteiger partial charge is 0.325 e. The third kappa shape index (κ3) is 3.19. The van der Waals surface area contributed by atoms with Crippen LogP contribution in [-0.2, 0) is 4.79 Å². The summed E-state index contributed by atoms with van der Waals surface area (Å²) in [6.07, 6.45) is 0. The van der Waals surface area contributed by atoms with Crippen molar-refractivity contribution in [1.29, 1.82) is 0 Å². The number of hydrogen-bond acceptors (Lipinski definition) is 2. The van der Waals surface area contributed by atoms with E-state index in [9.17, 15) is 4.79 Å². The number of rotatable bonds is 2. The Balaban J connectivity index is 0.00000144. The van der Waals surface area contributed by atoms with Gasteiger partial charge in [0.2, 0.25) is 5.91 Å². The smallest absolute Gasteiger partial charge is 0.240 e. The topological polar surface area (TPSA) is 55.1 Å². The minimum atomic E-state index is -0.494. The van der Waals surface area contributed by atoms with Crippen molar-refractivity contribution in [3.05, 3.63) is 42.5 Å². The van der Waals surface area contributed by atoms with Gasteiger partial charge < -0.3 is 11.1 Å². The molecule has 90 valence electrons. The van der Waals surface area contributed by atoms with Crippen LogP contribution in [0, 0.1) is 0 Å². The molecule has 2 aromatic rings. The van der Waals surface area contributed by atoms with Gasteiger partial charge in [-0.3, -0.25) is 4.79 Å². The van der Waals surface area contributed by atoms with Crippen LogP contribution in [0.1, 0.15) is 6.92 Å². The average Bonchev–Trinajstić information content (AvgIpc) is 2.28. The quantitative estimate of drug-likeness (QED) is 0.861. The third-order valence-corrected chi connectivity index (χ3v) is 2.43. The van der Waals surface area contributed by atoms with E-state index in [0.29, 0.717) is 0 Å². The molecule has 0 fully saturated rings. The standard InChI is InChI=1S/C13H14N2O.ClH/c1-9(14)13(16)15-12-7-6-10-4-2-3-5-11(10)8-12;/h2-9H,14H2,1H3,(H,15,16);1H/t9-;/m0./s1. The molecule has 1 atom stereocenters. The third-order valence-electron chi connectivity index (χ3n) is 2.43. The number of nitrogens with one attached hydrogen (secondary N) is 1. The van der Waals surface area contributed by atoms with Crippen LogP contribution in [0.5, 0.6) is 0 Å². The second-order valence-corrected chi connectivity index (χ2v) is 3.84. The first-order valence-corrected chi connectivity index (χ1v) is 5.22. The fourth-order valence-electron chi connectivity index (χ4n) is 1.52. The summed E-state index contributed by atoms with van der Waals surface area (Å²) in [6.45, 7) is 1.66. The van der Waals surface area contributed by atoms with Crippen LogP contribution < -0.4 is 11.1 Å². The van der Waals surface area contributed by atoms with E-state index in [-0.39, 0.29) is 18.3 Å². The summed E-state index contributed by atoms with van der Waals surface area (Å²) in [7, 11) is 0. The highest BCUT2D eigenvalue weighted by Gasteiger charge is 2.07. The van der Waals surface area contributed by atoms with Gasteiger partial charge in [-0.15, -0.1) is 12.4 Å². The fourth-order valence-corrected chi connectivity index (χ4v) is 1.52. The van der Waals surface area contributed by atoms with Gasteiger partial charge in [-0.05, 0) is 29.8 Å².